The summed E-state index contributed by atoms with van der Waals surface area (Å²) in [7, 11) is 0. The molecule has 88 valence electrons. The Balaban J connectivity index is 2.15. The number of aliphatic hydroxyl groups excluding tert-OH is 1. The van der Waals surface area contributed by atoms with E-state index in [1.807, 2.05) is 0 Å². The number of hydrogen-bond acceptors (Lipinski definition) is 4. The number of rotatable bonds is 2. The summed E-state index contributed by atoms with van der Waals surface area (Å²) < 4.78 is 10.6. The fraction of sp³-hybridized carbons (Fsp3) is 1.00. The Hall–Kier alpha value is -0.160. The molecule has 0 unspecified atom stereocenters. The van der Waals surface area contributed by atoms with Crippen molar-refractivity contribution in [2.75, 3.05) is 33.0 Å². The smallest absolute Gasteiger partial charge is 0.0771 e. The molecule has 0 aliphatic carbocycles. The van der Waals surface area contributed by atoms with E-state index in [0.717, 1.165) is 12.8 Å². The van der Waals surface area contributed by atoms with Crippen molar-refractivity contribution >= 4 is 0 Å². The van der Waals surface area contributed by atoms with Crippen LogP contribution in [0.15, 0.2) is 0 Å². The van der Waals surface area contributed by atoms with Crippen molar-refractivity contribution in [1.82, 2.24) is 0 Å². The van der Waals surface area contributed by atoms with Gasteiger partial charge in [0.2, 0.25) is 0 Å². The lowest BCUT2D eigenvalue weighted by atomic mass is 9.64. The zero-order valence-corrected chi connectivity index (χ0v) is 9.07. The zero-order valence-electron chi connectivity index (χ0n) is 9.07. The van der Waals surface area contributed by atoms with Crippen molar-refractivity contribution in [3.05, 3.63) is 0 Å². The van der Waals surface area contributed by atoms with Gasteiger partial charge in [0.15, 0.2) is 0 Å². The Bertz CT molecular complexity index is 205. The Kier molecular flexibility index (Phi) is 3.30. The minimum Gasteiger partial charge on any atom is -0.396 e. The molecule has 2 heterocycles. The second-order valence-corrected chi connectivity index (χ2v) is 4.69. The van der Waals surface area contributed by atoms with Crippen molar-refractivity contribution in [2.24, 2.45) is 5.41 Å². The van der Waals surface area contributed by atoms with Crippen LogP contribution in [-0.2, 0) is 9.47 Å². The van der Waals surface area contributed by atoms with Gasteiger partial charge >= 0.3 is 0 Å². The zero-order chi connectivity index (χ0) is 10.8. The van der Waals surface area contributed by atoms with Crippen LogP contribution in [0.2, 0.25) is 0 Å². The number of ether oxygens (including phenoxy) is 2. The molecule has 2 rings (SSSR count). The molecule has 4 nitrogen and oxygen atoms in total. The predicted molar refractivity (Wildman–Crippen MR) is 54.6 cm³/mol. The van der Waals surface area contributed by atoms with Crippen molar-refractivity contribution in [1.29, 1.82) is 0 Å². The lowest BCUT2D eigenvalue weighted by Gasteiger charge is -2.50. The highest BCUT2D eigenvalue weighted by molar-refractivity contribution is 5.00. The molecule has 2 aliphatic heterocycles. The number of aliphatic hydroxyl groups is 2. The minimum atomic E-state index is -0.760. The summed E-state index contributed by atoms with van der Waals surface area (Å²) >= 11 is 0. The van der Waals surface area contributed by atoms with Crippen molar-refractivity contribution in [3.8, 4) is 0 Å². The van der Waals surface area contributed by atoms with Gasteiger partial charge in [-0.05, 0) is 12.8 Å². The van der Waals surface area contributed by atoms with Gasteiger partial charge in [-0.2, -0.15) is 0 Å². The maximum absolute atomic E-state index is 10.7. The molecular formula is C11H20O4. The van der Waals surface area contributed by atoms with E-state index in [2.05, 4.69) is 0 Å². The molecule has 2 saturated heterocycles. The number of hydrogen-bond donors (Lipinski definition) is 2. The standard InChI is InChI=1S/C11H20O4/c12-9-10(1-5-14-6-2-10)11(13)3-7-15-8-4-11/h12-13H,1-9H2. The summed E-state index contributed by atoms with van der Waals surface area (Å²) in [5, 5.41) is 20.3. The summed E-state index contributed by atoms with van der Waals surface area (Å²) in [6, 6.07) is 0. The van der Waals surface area contributed by atoms with E-state index >= 15 is 0 Å². The van der Waals surface area contributed by atoms with Crippen LogP contribution in [0.4, 0.5) is 0 Å². The van der Waals surface area contributed by atoms with Crippen LogP contribution in [0.1, 0.15) is 25.7 Å². The predicted octanol–water partition coefficient (Wildman–Crippen LogP) is 0.317. The van der Waals surface area contributed by atoms with E-state index in [-0.39, 0.29) is 12.0 Å². The molecule has 0 amide bonds. The van der Waals surface area contributed by atoms with Crippen LogP contribution in [0.3, 0.4) is 0 Å². The molecule has 2 N–H and O–H groups in total. The Morgan fingerprint density at radius 3 is 1.80 bits per heavy atom. The van der Waals surface area contributed by atoms with Crippen LogP contribution in [0.5, 0.6) is 0 Å². The first kappa shape index (κ1) is 11.3. The summed E-state index contributed by atoms with van der Waals surface area (Å²) in [5.41, 5.74) is -1.13. The second-order valence-electron chi connectivity index (χ2n) is 4.69. The highest BCUT2D eigenvalue weighted by atomic mass is 16.5. The van der Waals surface area contributed by atoms with Gasteiger partial charge < -0.3 is 19.7 Å². The van der Waals surface area contributed by atoms with E-state index in [4.69, 9.17) is 9.47 Å². The van der Waals surface area contributed by atoms with Crippen LogP contribution in [0, 0.1) is 5.41 Å². The van der Waals surface area contributed by atoms with Gasteiger partial charge in [-0.25, -0.2) is 0 Å². The minimum absolute atomic E-state index is 0.0485. The Morgan fingerprint density at radius 1 is 0.867 bits per heavy atom. The first-order valence-corrected chi connectivity index (χ1v) is 5.71. The first-order valence-electron chi connectivity index (χ1n) is 5.71. The third-order valence-electron chi connectivity index (χ3n) is 4.06. The van der Waals surface area contributed by atoms with Gasteiger partial charge in [0.1, 0.15) is 0 Å². The van der Waals surface area contributed by atoms with Gasteiger partial charge in [-0.1, -0.05) is 0 Å². The van der Waals surface area contributed by atoms with E-state index in [9.17, 15) is 10.2 Å². The van der Waals surface area contributed by atoms with Gasteiger partial charge in [0, 0.05) is 44.7 Å². The molecule has 0 atom stereocenters. The van der Waals surface area contributed by atoms with Gasteiger partial charge in [0.25, 0.3) is 0 Å². The SMILES string of the molecule is OCC1(C2(O)CCOCC2)CCOCC1. The van der Waals surface area contributed by atoms with E-state index in [1.165, 1.54) is 0 Å². The first-order chi connectivity index (χ1) is 7.22. The molecule has 0 spiro atoms. The van der Waals surface area contributed by atoms with Crippen molar-refractivity contribution in [3.63, 3.8) is 0 Å². The van der Waals surface area contributed by atoms with Crippen LogP contribution in [-0.4, -0.2) is 48.8 Å². The van der Waals surface area contributed by atoms with Gasteiger partial charge in [0.05, 0.1) is 12.2 Å². The van der Waals surface area contributed by atoms with Crippen molar-refractivity contribution in [2.45, 2.75) is 31.3 Å². The largest absolute Gasteiger partial charge is 0.396 e. The Labute approximate surface area is 90.2 Å². The molecule has 2 aliphatic rings. The van der Waals surface area contributed by atoms with E-state index < -0.39 is 5.60 Å². The normalized spacial score (nSPS) is 30.0. The van der Waals surface area contributed by atoms with Gasteiger partial charge in [-0.15, -0.1) is 0 Å². The monoisotopic (exact) mass is 216 g/mol. The lowest BCUT2D eigenvalue weighted by Crippen LogP contribution is -2.56. The molecule has 0 bridgehead atoms. The average molecular weight is 216 g/mol. The molecular weight excluding hydrogens is 196 g/mol. The summed E-state index contributed by atoms with van der Waals surface area (Å²) in [4.78, 5) is 0. The highest BCUT2D eigenvalue weighted by Gasteiger charge is 2.50. The molecule has 0 radical (unpaired) electrons. The summed E-state index contributed by atoms with van der Waals surface area (Å²) in [5.74, 6) is 0. The third-order valence-corrected chi connectivity index (χ3v) is 4.06. The molecule has 0 aromatic heterocycles. The van der Waals surface area contributed by atoms with E-state index in [1.54, 1.807) is 0 Å². The fourth-order valence-electron chi connectivity index (χ4n) is 2.77. The second kappa shape index (κ2) is 4.37. The average Bonchev–Trinajstić information content (AvgIpc) is 2.31. The molecule has 2 fully saturated rings. The van der Waals surface area contributed by atoms with Crippen LogP contribution < -0.4 is 0 Å². The third kappa shape index (κ3) is 1.91. The fourth-order valence-corrected chi connectivity index (χ4v) is 2.77. The molecule has 4 heteroatoms. The summed E-state index contributed by atoms with van der Waals surface area (Å²) in [6.45, 7) is 2.53. The lowest BCUT2D eigenvalue weighted by molar-refractivity contribution is -0.188. The Morgan fingerprint density at radius 2 is 1.33 bits per heavy atom. The topological polar surface area (TPSA) is 58.9 Å². The highest BCUT2D eigenvalue weighted by Crippen LogP contribution is 2.45. The summed E-state index contributed by atoms with van der Waals surface area (Å²) in [6.07, 6.45) is 2.76. The van der Waals surface area contributed by atoms with Gasteiger partial charge in [-0.3, -0.25) is 0 Å². The molecule has 0 aromatic carbocycles. The maximum Gasteiger partial charge on any atom is 0.0771 e. The van der Waals surface area contributed by atoms with Crippen molar-refractivity contribution < 1.29 is 19.7 Å². The van der Waals surface area contributed by atoms with Crippen LogP contribution >= 0.6 is 0 Å². The molecule has 0 saturated carbocycles. The molecule has 0 aromatic rings. The molecule has 15 heavy (non-hydrogen) atoms. The maximum atomic E-state index is 10.7. The quantitative estimate of drug-likeness (QED) is 0.698. The van der Waals surface area contributed by atoms with E-state index in [0.29, 0.717) is 39.3 Å². The van der Waals surface area contributed by atoms with Crippen LogP contribution in [0.25, 0.3) is 0 Å².